The van der Waals surface area contributed by atoms with Gasteiger partial charge < -0.3 is 10.6 Å². The number of carbonyl (C=O) groups is 3. The summed E-state index contributed by atoms with van der Waals surface area (Å²) < 4.78 is 27.3. The monoisotopic (exact) mass is 484 g/mol. The van der Waals surface area contributed by atoms with E-state index in [1.165, 1.54) is 28.6 Å². The molecule has 2 N–H and O–H groups in total. The minimum absolute atomic E-state index is 0.167. The molecule has 0 unspecified atom stereocenters. The van der Waals surface area contributed by atoms with E-state index in [4.69, 9.17) is 0 Å². The van der Waals surface area contributed by atoms with Crippen molar-refractivity contribution < 1.29 is 22.8 Å². The molecule has 0 saturated carbocycles. The van der Waals surface area contributed by atoms with E-state index >= 15 is 0 Å². The maximum atomic E-state index is 12.9. The van der Waals surface area contributed by atoms with Crippen molar-refractivity contribution in [2.75, 3.05) is 25.0 Å². The fraction of sp³-hybridized carbons (Fsp3) is 0.375. The van der Waals surface area contributed by atoms with Gasteiger partial charge in [0.2, 0.25) is 15.9 Å². The molecule has 2 fully saturated rings. The van der Waals surface area contributed by atoms with Crippen LogP contribution in [0.25, 0.3) is 0 Å². The number of amides is 4. The van der Waals surface area contributed by atoms with Crippen molar-refractivity contribution in [3.05, 3.63) is 60.2 Å². The molecule has 180 valence electrons. The molecule has 0 spiro atoms. The molecular formula is C24H28N4O5S. The molecule has 0 bridgehead atoms. The Labute approximate surface area is 199 Å². The van der Waals surface area contributed by atoms with Gasteiger partial charge in [-0.1, -0.05) is 43.2 Å². The lowest BCUT2D eigenvalue weighted by atomic mass is 9.92. The summed E-state index contributed by atoms with van der Waals surface area (Å²) in [5, 5.41) is 5.29. The van der Waals surface area contributed by atoms with Crippen molar-refractivity contribution in [2.24, 2.45) is 0 Å². The highest BCUT2D eigenvalue weighted by Gasteiger charge is 2.49. The van der Waals surface area contributed by atoms with Gasteiger partial charge in [-0.2, -0.15) is 4.31 Å². The normalized spacial score (nSPS) is 21.7. The molecule has 4 amide bonds. The summed E-state index contributed by atoms with van der Waals surface area (Å²) >= 11 is 0. The molecule has 9 nitrogen and oxygen atoms in total. The van der Waals surface area contributed by atoms with Crippen LogP contribution in [0.5, 0.6) is 0 Å². The molecule has 2 aliphatic rings. The van der Waals surface area contributed by atoms with Crippen molar-refractivity contribution in [3.8, 4) is 0 Å². The Morgan fingerprint density at radius 3 is 2.21 bits per heavy atom. The number of anilines is 1. The fourth-order valence-corrected chi connectivity index (χ4v) is 5.81. The molecule has 2 aromatic carbocycles. The number of nitrogens with zero attached hydrogens (tertiary/aromatic N) is 2. The van der Waals surface area contributed by atoms with E-state index in [0.29, 0.717) is 24.3 Å². The highest BCUT2D eigenvalue weighted by atomic mass is 32.2. The van der Waals surface area contributed by atoms with Gasteiger partial charge in [-0.05, 0) is 49.6 Å². The Kier molecular flexibility index (Phi) is 6.72. The average molecular weight is 485 g/mol. The molecule has 2 aromatic rings. The highest BCUT2D eigenvalue weighted by Crippen LogP contribution is 2.28. The minimum Gasteiger partial charge on any atom is -0.325 e. The number of carbonyl (C=O) groups excluding carboxylic acids is 3. The quantitative estimate of drug-likeness (QED) is 0.612. The smallest absolute Gasteiger partial charge is 0.325 e. The van der Waals surface area contributed by atoms with Gasteiger partial charge in [0.1, 0.15) is 12.1 Å². The van der Waals surface area contributed by atoms with E-state index in [2.05, 4.69) is 10.6 Å². The van der Waals surface area contributed by atoms with E-state index in [-0.39, 0.29) is 4.90 Å². The summed E-state index contributed by atoms with van der Waals surface area (Å²) in [6.07, 6.45) is 3.75. The lowest BCUT2D eigenvalue weighted by molar-refractivity contribution is -0.133. The van der Waals surface area contributed by atoms with Gasteiger partial charge in [0.15, 0.2) is 0 Å². The summed E-state index contributed by atoms with van der Waals surface area (Å²) in [5.74, 6) is -1.08. The third kappa shape index (κ3) is 4.69. The molecule has 10 heteroatoms. The largest absolute Gasteiger partial charge is 0.325 e. The summed E-state index contributed by atoms with van der Waals surface area (Å²) in [4.78, 5) is 39.0. The van der Waals surface area contributed by atoms with Gasteiger partial charge in [-0.15, -0.1) is 0 Å². The molecule has 0 aliphatic carbocycles. The van der Waals surface area contributed by atoms with Gasteiger partial charge in [-0.25, -0.2) is 13.2 Å². The number of hydrogen-bond acceptors (Lipinski definition) is 5. The summed E-state index contributed by atoms with van der Waals surface area (Å²) in [6.45, 7) is 2.16. The van der Waals surface area contributed by atoms with Crippen LogP contribution in [-0.4, -0.2) is 55.1 Å². The number of sulfonamides is 1. The second-order valence-corrected chi connectivity index (χ2v) is 10.6. The Morgan fingerprint density at radius 1 is 0.971 bits per heavy atom. The summed E-state index contributed by atoms with van der Waals surface area (Å²) in [6, 6.07) is 14.1. The van der Waals surface area contributed by atoms with Crippen LogP contribution in [0.15, 0.2) is 59.5 Å². The maximum absolute atomic E-state index is 12.9. The van der Waals surface area contributed by atoms with E-state index in [1.54, 1.807) is 31.2 Å². The molecule has 0 radical (unpaired) electrons. The van der Waals surface area contributed by atoms with Crippen LogP contribution in [-0.2, 0) is 25.2 Å². The van der Waals surface area contributed by atoms with Crippen LogP contribution in [0.3, 0.4) is 0 Å². The number of nitrogens with one attached hydrogen (secondary N) is 2. The minimum atomic E-state index is -3.59. The fourth-order valence-electron chi connectivity index (χ4n) is 4.29. The Morgan fingerprint density at radius 2 is 1.59 bits per heavy atom. The van der Waals surface area contributed by atoms with Crippen molar-refractivity contribution in [3.63, 3.8) is 0 Å². The molecule has 2 saturated heterocycles. The van der Waals surface area contributed by atoms with E-state index < -0.39 is 40.0 Å². The highest BCUT2D eigenvalue weighted by molar-refractivity contribution is 7.89. The first kappa shape index (κ1) is 23.9. The maximum Gasteiger partial charge on any atom is 0.325 e. The molecule has 0 aromatic heterocycles. The Bertz CT molecular complexity index is 1180. The van der Waals surface area contributed by atoms with Crippen LogP contribution in [0.2, 0.25) is 0 Å². The molecule has 34 heavy (non-hydrogen) atoms. The zero-order valence-electron chi connectivity index (χ0n) is 19.0. The lowest BCUT2D eigenvalue weighted by Crippen LogP contribution is -2.42. The van der Waals surface area contributed by atoms with Crippen LogP contribution < -0.4 is 10.6 Å². The molecule has 1 atom stereocenters. The van der Waals surface area contributed by atoms with Gasteiger partial charge in [0.25, 0.3) is 5.91 Å². The molecule has 2 heterocycles. The van der Waals surface area contributed by atoms with Crippen molar-refractivity contribution in [2.45, 2.75) is 43.0 Å². The van der Waals surface area contributed by atoms with E-state index in [9.17, 15) is 22.8 Å². The number of imide groups is 1. The summed E-state index contributed by atoms with van der Waals surface area (Å²) in [7, 11) is -3.59. The number of urea groups is 1. The SMILES string of the molecule is C[C@]1(c2ccccc2)NC(=O)N(CC(=O)Nc2ccc(S(=O)(=O)N3CCCCCC3)cc2)C1=O. The number of rotatable bonds is 6. The van der Waals surface area contributed by atoms with Crippen LogP contribution >= 0.6 is 0 Å². The van der Waals surface area contributed by atoms with Gasteiger partial charge in [-0.3, -0.25) is 14.5 Å². The number of benzene rings is 2. The first-order valence-corrected chi connectivity index (χ1v) is 12.8. The molecular weight excluding hydrogens is 456 g/mol. The zero-order chi connectivity index (χ0) is 24.3. The van der Waals surface area contributed by atoms with Crippen LogP contribution in [0.4, 0.5) is 10.5 Å². The van der Waals surface area contributed by atoms with E-state index in [0.717, 1.165) is 30.6 Å². The topological polar surface area (TPSA) is 116 Å². The van der Waals surface area contributed by atoms with Gasteiger partial charge in [0.05, 0.1) is 4.90 Å². The second kappa shape index (κ2) is 9.55. The third-order valence-corrected chi connectivity index (χ3v) is 8.18. The standard InChI is InChI=1S/C24H28N4O5S/c1-24(18-9-5-4-6-10-18)22(30)28(23(31)26-24)17-21(29)25-19-11-13-20(14-12-19)34(32,33)27-15-7-2-3-8-16-27/h4-6,9-14H,2-3,7-8,15-17H2,1H3,(H,25,29)(H,26,31)/t24-/m1/s1. The predicted molar refractivity (Wildman–Crippen MR) is 126 cm³/mol. The van der Waals surface area contributed by atoms with Crippen molar-refractivity contribution in [1.29, 1.82) is 0 Å². The van der Waals surface area contributed by atoms with E-state index in [1.807, 2.05) is 6.07 Å². The van der Waals surface area contributed by atoms with Crippen molar-refractivity contribution >= 4 is 33.6 Å². The average Bonchev–Trinajstić information content (AvgIpc) is 3.03. The Balaban J connectivity index is 1.40. The third-order valence-electron chi connectivity index (χ3n) is 6.27. The van der Waals surface area contributed by atoms with Crippen molar-refractivity contribution in [1.82, 2.24) is 14.5 Å². The predicted octanol–water partition coefficient (Wildman–Crippen LogP) is 2.66. The summed E-state index contributed by atoms with van der Waals surface area (Å²) in [5.41, 5.74) is -0.253. The van der Waals surface area contributed by atoms with Gasteiger partial charge in [0, 0.05) is 18.8 Å². The first-order valence-electron chi connectivity index (χ1n) is 11.3. The second-order valence-electron chi connectivity index (χ2n) is 8.70. The molecule has 2 aliphatic heterocycles. The van der Waals surface area contributed by atoms with Crippen LogP contribution in [0, 0.1) is 0 Å². The molecule has 4 rings (SSSR count). The van der Waals surface area contributed by atoms with Gasteiger partial charge >= 0.3 is 6.03 Å². The number of hydrogen-bond donors (Lipinski definition) is 2. The lowest BCUT2D eigenvalue weighted by Gasteiger charge is -2.22. The van der Waals surface area contributed by atoms with Crippen LogP contribution in [0.1, 0.15) is 38.2 Å². The first-order chi connectivity index (χ1) is 16.2. The zero-order valence-corrected chi connectivity index (χ0v) is 19.8. The Hall–Kier alpha value is -3.24.